The zero-order chi connectivity index (χ0) is 16.7. The lowest BCUT2D eigenvalue weighted by Gasteiger charge is -2.08. The monoisotopic (exact) mass is 354 g/mol. The summed E-state index contributed by atoms with van der Waals surface area (Å²) in [5.74, 6) is 0.0264. The molecule has 1 aromatic heterocycles. The highest BCUT2D eigenvalue weighted by molar-refractivity contribution is 8.24. The van der Waals surface area contributed by atoms with Crippen molar-refractivity contribution in [1.29, 1.82) is 0 Å². The number of hydrogen-bond acceptors (Lipinski definition) is 3. The van der Waals surface area contributed by atoms with E-state index in [1.807, 2.05) is 0 Å². The Morgan fingerprint density at radius 1 is 1.17 bits per heavy atom. The predicted octanol–water partition coefficient (Wildman–Crippen LogP) is 4.26. The number of thiocarbonyl (C=S) groups is 1. The van der Waals surface area contributed by atoms with E-state index in [-0.39, 0.29) is 11.2 Å². The van der Waals surface area contributed by atoms with Gasteiger partial charge in [0, 0.05) is 28.4 Å². The van der Waals surface area contributed by atoms with Gasteiger partial charge in [0.2, 0.25) is 5.91 Å². The molecular weight excluding hydrogens is 336 g/mol. The maximum absolute atomic E-state index is 11.9. The van der Waals surface area contributed by atoms with Crippen LogP contribution in [0.5, 0.6) is 0 Å². The summed E-state index contributed by atoms with van der Waals surface area (Å²) in [5, 5.41) is 5.16. The molecule has 0 aliphatic carbocycles. The molecule has 5 heteroatoms. The normalized spacial score (nSPS) is 17.8. The Morgan fingerprint density at radius 3 is 2.71 bits per heavy atom. The predicted molar refractivity (Wildman–Crippen MR) is 106 cm³/mol. The number of benzene rings is 2. The highest BCUT2D eigenvalue weighted by atomic mass is 32.2. The second-order valence-electron chi connectivity index (χ2n) is 6.11. The molecule has 2 heterocycles. The molecule has 4 rings (SSSR count). The molecule has 2 aromatic carbocycles. The van der Waals surface area contributed by atoms with Crippen LogP contribution in [0.15, 0.2) is 42.5 Å². The van der Waals surface area contributed by atoms with Crippen molar-refractivity contribution in [3.8, 4) is 0 Å². The van der Waals surface area contributed by atoms with Crippen LogP contribution in [0.4, 0.5) is 0 Å². The van der Waals surface area contributed by atoms with Gasteiger partial charge in [-0.05, 0) is 36.6 Å². The van der Waals surface area contributed by atoms with Gasteiger partial charge < -0.3 is 9.88 Å². The highest BCUT2D eigenvalue weighted by Crippen LogP contribution is 2.31. The first-order valence-corrected chi connectivity index (χ1v) is 9.47. The highest BCUT2D eigenvalue weighted by Gasteiger charge is 2.29. The Kier molecular flexibility index (Phi) is 4.06. The molecule has 1 N–H and O–H groups in total. The van der Waals surface area contributed by atoms with Crippen LogP contribution in [0.2, 0.25) is 0 Å². The SMILES string of the molecule is CCCn1c2ccccc2c2cc(CC3SC(=S)NC3=O)ccc21. The largest absolute Gasteiger partial charge is 0.340 e. The fourth-order valence-corrected chi connectivity index (χ4v) is 4.74. The number of hydrogen-bond donors (Lipinski definition) is 1. The molecule has 1 fully saturated rings. The first-order chi connectivity index (χ1) is 11.7. The third-order valence-electron chi connectivity index (χ3n) is 4.47. The lowest BCUT2D eigenvalue weighted by molar-refractivity contribution is -0.118. The van der Waals surface area contributed by atoms with Crippen molar-refractivity contribution in [3.05, 3.63) is 48.0 Å². The van der Waals surface area contributed by atoms with Gasteiger partial charge in [0.05, 0.1) is 5.25 Å². The molecule has 0 bridgehead atoms. The number of carbonyl (C=O) groups is 1. The van der Waals surface area contributed by atoms with E-state index in [0.717, 1.165) is 13.0 Å². The van der Waals surface area contributed by atoms with Gasteiger partial charge in [-0.3, -0.25) is 4.79 Å². The zero-order valence-corrected chi connectivity index (χ0v) is 15.0. The number of para-hydroxylation sites is 1. The minimum atomic E-state index is -0.112. The van der Waals surface area contributed by atoms with Gasteiger partial charge in [-0.25, -0.2) is 0 Å². The first kappa shape index (κ1) is 15.7. The number of carbonyl (C=O) groups excluding carboxylic acids is 1. The average molecular weight is 354 g/mol. The molecular formula is C19H18N2OS2. The van der Waals surface area contributed by atoms with Gasteiger partial charge >= 0.3 is 0 Å². The smallest absolute Gasteiger partial charge is 0.239 e. The molecule has 1 aliphatic rings. The van der Waals surface area contributed by atoms with Crippen molar-refractivity contribution < 1.29 is 4.79 Å². The molecule has 0 radical (unpaired) electrons. The number of rotatable bonds is 4. The number of aryl methyl sites for hydroxylation is 1. The Bertz CT molecular complexity index is 961. The Labute approximate surface area is 150 Å². The van der Waals surface area contributed by atoms with Crippen LogP contribution in [-0.4, -0.2) is 20.0 Å². The minimum absolute atomic E-state index is 0.0264. The molecule has 1 saturated heterocycles. The zero-order valence-electron chi connectivity index (χ0n) is 13.4. The van der Waals surface area contributed by atoms with Crippen molar-refractivity contribution in [2.24, 2.45) is 0 Å². The first-order valence-electron chi connectivity index (χ1n) is 8.18. The summed E-state index contributed by atoms with van der Waals surface area (Å²) in [4.78, 5) is 11.9. The molecule has 3 nitrogen and oxygen atoms in total. The van der Waals surface area contributed by atoms with Gasteiger partial charge in [0.1, 0.15) is 4.32 Å². The Morgan fingerprint density at radius 2 is 1.96 bits per heavy atom. The number of nitrogens with one attached hydrogen (secondary N) is 1. The van der Waals surface area contributed by atoms with Crippen molar-refractivity contribution in [2.75, 3.05) is 0 Å². The quantitative estimate of drug-likeness (QED) is 0.711. The summed E-state index contributed by atoms with van der Waals surface area (Å²) in [6.45, 7) is 3.21. The van der Waals surface area contributed by atoms with E-state index in [9.17, 15) is 4.79 Å². The number of fused-ring (bicyclic) bond motifs is 3. The molecule has 1 amide bonds. The van der Waals surface area contributed by atoms with E-state index in [1.165, 1.54) is 39.1 Å². The maximum Gasteiger partial charge on any atom is 0.239 e. The molecule has 0 saturated carbocycles. The maximum atomic E-state index is 11.9. The standard InChI is InChI=1S/C19H18N2OS2/c1-2-9-21-15-6-4-3-5-13(15)14-10-12(7-8-16(14)21)11-17-18(22)20-19(23)24-17/h3-8,10,17H,2,9,11H2,1H3,(H,20,22,23). The second kappa shape index (κ2) is 6.22. The van der Waals surface area contributed by atoms with Gasteiger partial charge in [-0.15, -0.1) is 0 Å². The van der Waals surface area contributed by atoms with Crippen LogP contribution in [0.1, 0.15) is 18.9 Å². The van der Waals surface area contributed by atoms with Gasteiger partial charge in [0.15, 0.2) is 0 Å². The van der Waals surface area contributed by atoms with Crippen molar-refractivity contribution >= 4 is 56.0 Å². The Hall–Kier alpha value is -1.85. The summed E-state index contributed by atoms with van der Waals surface area (Å²) in [6.07, 6.45) is 1.81. The van der Waals surface area contributed by atoms with Crippen LogP contribution in [0.25, 0.3) is 21.8 Å². The van der Waals surface area contributed by atoms with Gasteiger partial charge in [-0.2, -0.15) is 0 Å². The van der Waals surface area contributed by atoms with Crippen molar-refractivity contribution in [1.82, 2.24) is 9.88 Å². The summed E-state index contributed by atoms with van der Waals surface area (Å²) in [6, 6.07) is 15.1. The van der Waals surface area contributed by atoms with E-state index in [2.05, 4.69) is 59.3 Å². The number of nitrogens with zero attached hydrogens (tertiary/aromatic N) is 1. The number of thioether (sulfide) groups is 1. The minimum Gasteiger partial charge on any atom is -0.340 e. The fraction of sp³-hybridized carbons (Fsp3) is 0.263. The molecule has 24 heavy (non-hydrogen) atoms. The molecule has 122 valence electrons. The van der Waals surface area contributed by atoms with Crippen LogP contribution in [0.3, 0.4) is 0 Å². The van der Waals surface area contributed by atoms with E-state index in [4.69, 9.17) is 12.2 Å². The molecule has 0 spiro atoms. The Balaban J connectivity index is 1.79. The van der Waals surface area contributed by atoms with Crippen LogP contribution >= 0.6 is 24.0 Å². The fourth-order valence-electron chi connectivity index (χ4n) is 3.43. The second-order valence-corrected chi connectivity index (χ2v) is 7.99. The summed E-state index contributed by atoms with van der Waals surface area (Å²) in [5.41, 5.74) is 3.72. The van der Waals surface area contributed by atoms with Crippen molar-refractivity contribution in [2.45, 2.75) is 31.6 Å². The average Bonchev–Trinajstić information content (AvgIpc) is 3.06. The van der Waals surface area contributed by atoms with E-state index >= 15 is 0 Å². The molecule has 1 atom stereocenters. The van der Waals surface area contributed by atoms with Gasteiger partial charge in [0.25, 0.3) is 0 Å². The molecule has 3 aromatic rings. The van der Waals surface area contributed by atoms with Crippen LogP contribution in [-0.2, 0) is 17.8 Å². The molecule has 1 aliphatic heterocycles. The lowest BCUT2D eigenvalue weighted by atomic mass is 10.1. The van der Waals surface area contributed by atoms with E-state index in [1.54, 1.807) is 0 Å². The van der Waals surface area contributed by atoms with E-state index < -0.39 is 0 Å². The number of aromatic nitrogens is 1. The number of amides is 1. The summed E-state index contributed by atoms with van der Waals surface area (Å²) >= 11 is 6.55. The third-order valence-corrected chi connectivity index (χ3v) is 5.84. The molecule has 1 unspecified atom stereocenters. The topological polar surface area (TPSA) is 34.0 Å². The summed E-state index contributed by atoms with van der Waals surface area (Å²) < 4.78 is 2.98. The van der Waals surface area contributed by atoms with Crippen molar-refractivity contribution in [3.63, 3.8) is 0 Å². The van der Waals surface area contributed by atoms with Gasteiger partial charge in [-0.1, -0.05) is 55.2 Å². The summed E-state index contributed by atoms with van der Waals surface area (Å²) in [7, 11) is 0. The van der Waals surface area contributed by atoms with Crippen LogP contribution < -0.4 is 5.32 Å². The third kappa shape index (κ3) is 2.62. The lowest BCUT2D eigenvalue weighted by Crippen LogP contribution is -2.25. The van der Waals surface area contributed by atoms with Crippen LogP contribution in [0, 0.1) is 0 Å². The van der Waals surface area contributed by atoms with E-state index in [0.29, 0.717) is 10.7 Å².